The van der Waals surface area contributed by atoms with Gasteiger partial charge in [0.2, 0.25) is 5.91 Å². The van der Waals surface area contributed by atoms with Crippen molar-refractivity contribution in [3.05, 3.63) is 41.5 Å². The lowest BCUT2D eigenvalue weighted by Gasteiger charge is -2.34. The fourth-order valence-electron chi connectivity index (χ4n) is 2.48. The van der Waals surface area contributed by atoms with E-state index in [4.69, 9.17) is 4.74 Å². The first-order valence-electron chi connectivity index (χ1n) is 7.90. The summed E-state index contributed by atoms with van der Waals surface area (Å²) in [4.78, 5) is 38.3. The van der Waals surface area contributed by atoms with Crippen LogP contribution >= 0.6 is 0 Å². The SMILES string of the molecule is CC(=O)N1CCN(C(=O)COC(=O)/C=C/c2cccc(C)c2)CC1. The number of benzene rings is 1. The van der Waals surface area contributed by atoms with Gasteiger partial charge in [0.25, 0.3) is 5.91 Å². The van der Waals surface area contributed by atoms with Crippen LogP contribution < -0.4 is 0 Å². The van der Waals surface area contributed by atoms with E-state index in [1.807, 2.05) is 31.2 Å². The fraction of sp³-hybridized carbons (Fsp3) is 0.389. The zero-order valence-corrected chi connectivity index (χ0v) is 14.0. The Morgan fingerprint density at radius 2 is 1.79 bits per heavy atom. The van der Waals surface area contributed by atoms with Crippen LogP contribution in [0.4, 0.5) is 0 Å². The molecule has 0 saturated carbocycles. The summed E-state index contributed by atoms with van der Waals surface area (Å²) in [6.45, 7) is 5.17. The highest BCUT2D eigenvalue weighted by atomic mass is 16.5. The molecule has 1 saturated heterocycles. The fourth-order valence-corrected chi connectivity index (χ4v) is 2.48. The lowest BCUT2D eigenvalue weighted by Crippen LogP contribution is -2.51. The third-order valence-corrected chi connectivity index (χ3v) is 3.87. The zero-order valence-electron chi connectivity index (χ0n) is 14.0. The molecule has 0 aromatic heterocycles. The highest BCUT2D eigenvalue weighted by molar-refractivity contribution is 5.89. The Hall–Kier alpha value is -2.63. The third kappa shape index (κ3) is 5.22. The van der Waals surface area contributed by atoms with Gasteiger partial charge in [0.15, 0.2) is 6.61 Å². The Morgan fingerprint density at radius 3 is 2.42 bits per heavy atom. The van der Waals surface area contributed by atoms with E-state index in [0.29, 0.717) is 26.2 Å². The van der Waals surface area contributed by atoms with E-state index < -0.39 is 5.97 Å². The molecule has 1 aromatic rings. The molecule has 24 heavy (non-hydrogen) atoms. The molecule has 0 bridgehead atoms. The molecular formula is C18H22N2O4. The Balaban J connectivity index is 1.75. The van der Waals surface area contributed by atoms with E-state index in [2.05, 4.69) is 0 Å². The van der Waals surface area contributed by atoms with Gasteiger partial charge in [-0.15, -0.1) is 0 Å². The number of amides is 2. The molecule has 1 aliphatic heterocycles. The smallest absolute Gasteiger partial charge is 0.331 e. The normalized spacial score (nSPS) is 14.8. The number of rotatable bonds is 4. The van der Waals surface area contributed by atoms with Gasteiger partial charge in [0, 0.05) is 39.2 Å². The van der Waals surface area contributed by atoms with Gasteiger partial charge in [-0.05, 0) is 18.6 Å². The molecule has 6 heteroatoms. The number of aryl methyl sites for hydroxylation is 1. The molecule has 0 N–H and O–H groups in total. The molecule has 0 atom stereocenters. The van der Waals surface area contributed by atoms with E-state index in [-0.39, 0.29) is 18.4 Å². The van der Waals surface area contributed by atoms with Crippen molar-refractivity contribution in [2.24, 2.45) is 0 Å². The van der Waals surface area contributed by atoms with E-state index in [0.717, 1.165) is 11.1 Å². The Morgan fingerprint density at radius 1 is 1.12 bits per heavy atom. The van der Waals surface area contributed by atoms with Gasteiger partial charge >= 0.3 is 5.97 Å². The molecular weight excluding hydrogens is 308 g/mol. The summed E-state index contributed by atoms with van der Waals surface area (Å²) in [6.07, 6.45) is 2.97. The van der Waals surface area contributed by atoms with E-state index >= 15 is 0 Å². The van der Waals surface area contributed by atoms with Gasteiger partial charge < -0.3 is 14.5 Å². The number of carbonyl (C=O) groups excluding carboxylic acids is 3. The average molecular weight is 330 g/mol. The predicted octanol–water partition coefficient (Wildman–Crippen LogP) is 1.24. The molecule has 6 nitrogen and oxygen atoms in total. The largest absolute Gasteiger partial charge is 0.452 e. The molecule has 0 radical (unpaired) electrons. The first kappa shape index (κ1) is 17.7. The van der Waals surface area contributed by atoms with Crippen molar-refractivity contribution in [1.29, 1.82) is 0 Å². The van der Waals surface area contributed by atoms with E-state index in [1.165, 1.54) is 13.0 Å². The van der Waals surface area contributed by atoms with Crippen LogP contribution in [0.2, 0.25) is 0 Å². The lowest BCUT2D eigenvalue weighted by atomic mass is 10.1. The standard InChI is InChI=1S/C18H22N2O4/c1-14-4-3-5-16(12-14)6-7-18(23)24-13-17(22)20-10-8-19(9-11-20)15(2)21/h3-7,12H,8-11,13H2,1-2H3/b7-6+. The van der Waals surface area contributed by atoms with Crippen LogP contribution in [0.25, 0.3) is 6.08 Å². The number of hydrogen-bond acceptors (Lipinski definition) is 4. The highest BCUT2D eigenvalue weighted by Crippen LogP contribution is 2.06. The summed E-state index contributed by atoms with van der Waals surface area (Å²) in [7, 11) is 0. The van der Waals surface area contributed by atoms with Gasteiger partial charge in [0.1, 0.15) is 0 Å². The van der Waals surface area contributed by atoms with Crippen molar-refractivity contribution < 1.29 is 19.1 Å². The van der Waals surface area contributed by atoms with Crippen LogP contribution in [0.1, 0.15) is 18.1 Å². The summed E-state index contributed by atoms with van der Waals surface area (Å²) in [5.41, 5.74) is 2.00. The Kier molecular flexibility index (Phi) is 6.12. The maximum atomic E-state index is 12.0. The monoisotopic (exact) mass is 330 g/mol. The number of esters is 1. The molecule has 1 fully saturated rings. The van der Waals surface area contributed by atoms with Crippen LogP contribution in [-0.2, 0) is 19.1 Å². The number of hydrogen-bond donors (Lipinski definition) is 0. The zero-order chi connectivity index (χ0) is 17.5. The summed E-state index contributed by atoms with van der Waals surface area (Å²) >= 11 is 0. The number of carbonyl (C=O) groups is 3. The van der Waals surface area contributed by atoms with Crippen LogP contribution in [0.15, 0.2) is 30.3 Å². The second kappa shape index (κ2) is 8.29. The first-order valence-corrected chi connectivity index (χ1v) is 7.90. The van der Waals surface area contributed by atoms with E-state index in [1.54, 1.807) is 15.9 Å². The molecule has 1 heterocycles. The number of ether oxygens (including phenoxy) is 1. The van der Waals surface area contributed by atoms with Gasteiger partial charge in [-0.2, -0.15) is 0 Å². The van der Waals surface area contributed by atoms with Crippen LogP contribution in [0.3, 0.4) is 0 Å². The molecule has 1 aromatic carbocycles. The summed E-state index contributed by atoms with van der Waals surface area (Å²) in [5.74, 6) is -0.780. The third-order valence-electron chi connectivity index (χ3n) is 3.87. The summed E-state index contributed by atoms with van der Waals surface area (Å²) in [6, 6.07) is 7.71. The Bertz CT molecular complexity index is 646. The number of nitrogens with zero attached hydrogens (tertiary/aromatic N) is 2. The van der Waals surface area contributed by atoms with Gasteiger partial charge in [0.05, 0.1) is 0 Å². The molecule has 2 rings (SSSR count). The Labute approximate surface area is 141 Å². The second-order valence-corrected chi connectivity index (χ2v) is 5.74. The predicted molar refractivity (Wildman–Crippen MR) is 90.0 cm³/mol. The van der Waals surface area contributed by atoms with Crippen molar-refractivity contribution in [3.63, 3.8) is 0 Å². The molecule has 0 unspecified atom stereocenters. The van der Waals surface area contributed by atoms with Crippen molar-refractivity contribution in [1.82, 2.24) is 9.80 Å². The topological polar surface area (TPSA) is 66.9 Å². The van der Waals surface area contributed by atoms with Crippen LogP contribution in [0.5, 0.6) is 0 Å². The minimum atomic E-state index is -0.549. The maximum absolute atomic E-state index is 12.0. The molecule has 128 valence electrons. The minimum absolute atomic E-state index is 0.00909. The minimum Gasteiger partial charge on any atom is -0.452 e. The molecule has 0 aliphatic carbocycles. The summed E-state index contributed by atoms with van der Waals surface area (Å²) in [5, 5.41) is 0. The summed E-state index contributed by atoms with van der Waals surface area (Å²) < 4.78 is 4.99. The molecule has 0 spiro atoms. The number of piperazine rings is 1. The van der Waals surface area contributed by atoms with Gasteiger partial charge in [-0.3, -0.25) is 9.59 Å². The van der Waals surface area contributed by atoms with Crippen molar-refractivity contribution in [2.75, 3.05) is 32.8 Å². The van der Waals surface area contributed by atoms with Crippen LogP contribution in [-0.4, -0.2) is 60.4 Å². The quantitative estimate of drug-likeness (QED) is 0.615. The molecule has 1 aliphatic rings. The lowest BCUT2D eigenvalue weighted by molar-refractivity contribution is -0.149. The maximum Gasteiger partial charge on any atom is 0.331 e. The van der Waals surface area contributed by atoms with Gasteiger partial charge in [-0.25, -0.2) is 4.79 Å². The second-order valence-electron chi connectivity index (χ2n) is 5.74. The highest BCUT2D eigenvalue weighted by Gasteiger charge is 2.22. The van der Waals surface area contributed by atoms with E-state index in [9.17, 15) is 14.4 Å². The van der Waals surface area contributed by atoms with Gasteiger partial charge in [-0.1, -0.05) is 29.8 Å². The van der Waals surface area contributed by atoms with Crippen molar-refractivity contribution in [2.45, 2.75) is 13.8 Å². The average Bonchev–Trinajstić information content (AvgIpc) is 2.58. The van der Waals surface area contributed by atoms with Crippen molar-refractivity contribution >= 4 is 23.9 Å². The first-order chi connectivity index (χ1) is 11.5. The van der Waals surface area contributed by atoms with Crippen molar-refractivity contribution in [3.8, 4) is 0 Å². The molecule has 2 amide bonds. The van der Waals surface area contributed by atoms with Crippen LogP contribution in [0, 0.1) is 6.92 Å².